The largest absolute Gasteiger partial charge is 0.309 e. The first-order valence-electron chi connectivity index (χ1n) is 17.9. The normalized spacial score (nSPS) is 11.4. The average Bonchev–Trinajstić information content (AvgIpc) is 3.58. The highest BCUT2D eigenvalue weighted by atomic mass is 15.0. The van der Waals surface area contributed by atoms with Crippen LogP contribution in [0.2, 0.25) is 0 Å². The summed E-state index contributed by atoms with van der Waals surface area (Å²) >= 11 is 0. The third-order valence-electron chi connectivity index (χ3n) is 10.1. The molecule has 0 saturated heterocycles. The van der Waals surface area contributed by atoms with Gasteiger partial charge in [0, 0.05) is 33.0 Å². The highest BCUT2D eigenvalue weighted by Crippen LogP contribution is 2.39. The van der Waals surface area contributed by atoms with Gasteiger partial charge in [0.05, 0.1) is 16.7 Å². The van der Waals surface area contributed by atoms with Crippen molar-refractivity contribution in [1.29, 1.82) is 0 Å². The third kappa shape index (κ3) is 5.36. The van der Waals surface area contributed by atoms with E-state index in [-0.39, 0.29) is 0 Å². The van der Waals surface area contributed by atoms with Crippen LogP contribution in [0.5, 0.6) is 0 Å². The number of aromatic nitrogens is 4. The van der Waals surface area contributed by atoms with Crippen molar-refractivity contribution in [2.45, 2.75) is 0 Å². The second kappa shape index (κ2) is 12.9. The van der Waals surface area contributed by atoms with Crippen molar-refractivity contribution in [2.24, 2.45) is 0 Å². The minimum atomic E-state index is 0.650. The van der Waals surface area contributed by atoms with Crippen LogP contribution in [0, 0.1) is 0 Å². The van der Waals surface area contributed by atoms with E-state index >= 15 is 0 Å². The lowest BCUT2D eigenvalue weighted by atomic mass is 9.93. The molecule has 0 atom stereocenters. The monoisotopic (exact) mass is 676 g/mol. The highest BCUT2D eigenvalue weighted by molar-refractivity contribution is 6.10. The zero-order valence-electron chi connectivity index (χ0n) is 28.8. The van der Waals surface area contributed by atoms with Crippen LogP contribution in [0.3, 0.4) is 0 Å². The van der Waals surface area contributed by atoms with E-state index in [1.54, 1.807) is 0 Å². The van der Waals surface area contributed by atoms with Crippen molar-refractivity contribution in [2.75, 3.05) is 0 Å². The Morgan fingerprint density at radius 3 is 1.26 bits per heavy atom. The summed E-state index contributed by atoms with van der Waals surface area (Å²) in [5.74, 6) is 1.95. The smallest absolute Gasteiger partial charge is 0.164 e. The number of para-hydroxylation sites is 3. The molecule has 4 nitrogen and oxygen atoms in total. The molecule has 0 aliphatic heterocycles. The molecule has 2 heterocycles. The third-order valence-corrected chi connectivity index (χ3v) is 10.1. The Morgan fingerprint density at radius 1 is 0.264 bits per heavy atom. The van der Waals surface area contributed by atoms with Gasteiger partial charge in [0.2, 0.25) is 0 Å². The molecule has 0 N–H and O–H groups in total. The highest BCUT2D eigenvalue weighted by Gasteiger charge is 2.18. The topological polar surface area (TPSA) is 43.6 Å². The second-order valence-corrected chi connectivity index (χ2v) is 13.2. The van der Waals surface area contributed by atoms with Crippen LogP contribution >= 0.6 is 0 Å². The first-order valence-corrected chi connectivity index (χ1v) is 17.9. The van der Waals surface area contributed by atoms with Crippen molar-refractivity contribution in [1.82, 2.24) is 19.5 Å². The minimum Gasteiger partial charge on any atom is -0.309 e. The molecule has 0 amide bonds. The van der Waals surface area contributed by atoms with E-state index in [0.717, 1.165) is 44.3 Å². The summed E-state index contributed by atoms with van der Waals surface area (Å²) in [6.45, 7) is 0. The molecule has 0 bridgehead atoms. The van der Waals surface area contributed by atoms with Crippen LogP contribution in [0.1, 0.15) is 0 Å². The van der Waals surface area contributed by atoms with Crippen LogP contribution in [0.25, 0.3) is 94.7 Å². The quantitative estimate of drug-likeness (QED) is 0.176. The van der Waals surface area contributed by atoms with E-state index in [0.29, 0.717) is 17.5 Å². The zero-order chi connectivity index (χ0) is 35.1. The average molecular weight is 677 g/mol. The molecule has 0 unspecified atom stereocenters. The molecule has 0 spiro atoms. The zero-order valence-corrected chi connectivity index (χ0v) is 28.8. The Bertz CT molecular complexity index is 2820. The van der Waals surface area contributed by atoms with Gasteiger partial charge >= 0.3 is 0 Å². The summed E-state index contributed by atoms with van der Waals surface area (Å²) in [6, 6.07) is 68.1. The molecule has 2 aromatic heterocycles. The molecule has 0 radical (unpaired) electrons. The summed E-state index contributed by atoms with van der Waals surface area (Å²) in [7, 11) is 0. The molecule has 0 aliphatic rings. The molecular formula is C49H32N4. The van der Waals surface area contributed by atoms with Crippen LogP contribution < -0.4 is 0 Å². The number of rotatable bonds is 6. The Morgan fingerprint density at radius 2 is 0.679 bits per heavy atom. The summed E-state index contributed by atoms with van der Waals surface area (Å²) < 4.78 is 2.40. The minimum absolute atomic E-state index is 0.650. The molecule has 0 aliphatic carbocycles. The molecule has 10 aromatic rings. The molecule has 0 fully saturated rings. The summed E-state index contributed by atoms with van der Waals surface area (Å²) in [6.07, 6.45) is 0. The summed E-state index contributed by atoms with van der Waals surface area (Å²) in [4.78, 5) is 15.0. The lowest BCUT2D eigenvalue weighted by molar-refractivity contribution is 1.08. The van der Waals surface area contributed by atoms with Crippen molar-refractivity contribution in [3.8, 4) is 62.1 Å². The maximum Gasteiger partial charge on any atom is 0.164 e. The SMILES string of the molecule is c1ccc(-c2nc(-c3ccccc3)nc(-c3ccc(-c4ccc(-c5ccccc5-n5c6ccccc6c6ccccc65)cc4)c4ccccc34)n2)cc1. The van der Waals surface area contributed by atoms with Gasteiger partial charge in [-0.2, -0.15) is 0 Å². The van der Waals surface area contributed by atoms with Crippen LogP contribution in [0.15, 0.2) is 194 Å². The van der Waals surface area contributed by atoms with Crippen molar-refractivity contribution >= 4 is 32.6 Å². The van der Waals surface area contributed by atoms with Crippen molar-refractivity contribution in [3.63, 3.8) is 0 Å². The summed E-state index contributed by atoms with van der Waals surface area (Å²) in [5, 5.41) is 4.75. The van der Waals surface area contributed by atoms with Gasteiger partial charge in [0.25, 0.3) is 0 Å². The van der Waals surface area contributed by atoms with E-state index in [1.807, 2.05) is 60.7 Å². The number of fused-ring (bicyclic) bond motifs is 4. The van der Waals surface area contributed by atoms with Crippen molar-refractivity contribution in [3.05, 3.63) is 194 Å². The van der Waals surface area contributed by atoms with Gasteiger partial charge in [0.1, 0.15) is 0 Å². The second-order valence-electron chi connectivity index (χ2n) is 13.2. The van der Waals surface area contributed by atoms with Gasteiger partial charge in [-0.25, -0.2) is 15.0 Å². The number of hydrogen-bond acceptors (Lipinski definition) is 3. The van der Waals surface area contributed by atoms with E-state index in [4.69, 9.17) is 15.0 Å². The molecule has 4 heteroatoms. The van der Waals surface area contributed by atoms with Crippen LogP contribution in [-0.4, -0.2) is 19.5 Å². The molecular weight excluding hydrogens is 645 g/mol. The number of hydrogen-bond donors (Lipinski definition) is 0. The lowest BCUT2D eigenvalue weighted by Crippen LogP contribution is -2.00. The molecule has 53 heavy (non-hydrogen) atoms. The van der Waals surface area contributed by atoms with Gasteiger partial charge < -0.3 is 4.57 Å². The van der Waals surface area contributed by atoms with E-state index in [1.165, 1.54) is 32.9 Å². The van der Waals surface area contributed by atoms with Crippen molar-refractivity contribution < 1.29 is 0 Å². The summed E-state index contributed by atoms with van der Waals surface area (Å²) in [5.41, 5.74) is 11.1. The first kappa shape index (κ1) is 30.6. The molecule has 0 saturated carbocycles. The van der Waals surface area contributed by atoms with E-state index in [2.05, 4.69) is 138 Å². The molecule has 10 rings (SSSR count). The fourth-order valence-corrected chi connectivity index (χ4v) is 7.60. The lowest BCUT2D eigenvalue weighted by Gasteiger charge is -2.15. The fourth-order valence-electron chi connectivity index (χ4n) is 7.60. The number of benzene rings is 8. The first-order chi connectivity index (χ1) is 26.3. The van der Waals surface area contributed by atoms with Gasteiger partial charge in [-0.3, -0.25) is 0 Å². The Balaban J connectivity index is 1.07. The van der Waals surface area contributed by atoms with Gasteiger partial charge in [-0.05, 0) is 51.7 Å². The van der Waals surface area contributed by atoms with Crippen LogP contribution in [-0.2, 0) is 0 Å². The Labute approximate surface area is 307 Å². The van der Waals surface area contributed by atoms with Crippen LogP contribution in [0.4, 0.5) is 0 Å². The van der Waals surface area contributed by atoms with Gasteiger partial charge in [-0.15, -0.1) is 0 Å². The van der Waals surface area contributed by atoms with Gasteiger partial charge in [0.15, 0.2) is 17.5 Å². The molecule has 8 aromatic carbocycles. The number of nitrogens with zero attached hydrogens (tertiary/aromatic N) is 4. The predicted octanol–water partition coefficient (Wildman–Crippen LogP) is 12.5. The van der Waals surface area contributed by atoms with Gasteiger partial charge in [-0.1, -0.05) is 170 Å². The maximum absolute atomic E-state index is 5.04. The van der Waals surface area contributed by atoms with E-state index in [9.17, 15) is 0 Å². The fraction of sp³-hybridized carbons (Fsp3) is 0. The van der Waals surface area contributed by atoms with E-state index < -0.39 is 0 Å². The standard InChI is InChI=1S/C49H32N4/c1-3-15-35(16-4-1)47-50-48(36-17-5-2-6-18-36)52-49(51-47)43-32-31-37(39-20-7-8-21-40(39)43)33-27-29-34(30-28-33)38-19-9-12-24-44(38)53-45-25-13-10-22-41(45)42-23-11-14-26-46(42)53/h1-32H. The molecule has 248 valence electrons. The Kier molecular flexibility index (Phi) is 7.43. The maximum atomic E-state index is 5.04. The Hall–Kier alpha value is -7.17. The predicted molar refractivity (Wildman–Crippen MR) is 219 cm³/mol.